The zero-order valence-corrected chi connectivity index (χ0v) is 23.4. The highest BCUT2D eigenvalue weighted by molar-refractivity contribution is 5.64. The van der Waals surface area contributed by atoms with Crippen molar-refractivity contribution >= 4 is 0 Å². The number of nitrogens with zero attached hydrogens (tertiary/aromatic N) is 1. The first-order valence-corrected chi connectivity index (χ1v) is 15.4. The van der Waals surface area contributed by atoms with Crippen molar-refractivity contribution in [2.75, 3.05) is 0 Å². The predicted molar refractivity (Wildman–Crippen MR) is 160 cm³/mol. The number of hydrogen-bond acceptors (Lipinski definition) is 1. The second-order valence-electron chi connectivity index (χ2n) is 12.2. The molecule has 2 saturated carbocycles. The lowest BCUT2D eigenvalue weighted by molar-refractivity contribution is 0.304. The van der Waals surface area contributed by atoms with Crippen LogP contribution in [-0.2, 0) is 6.42 Å². The Balaban J connectivity index is 1.07. The fourth-order valence-corrected chi connectivity index (χ4v) is 7.07. The van der Waals surface area contributed by atoms with Gasteiger partial charge in [0.15, 0.2) is 0 Å². The first-order valence-electron chi connectivity index (χ1n) is 15.4. The average molecular weight is 504 g/mol. The van der Waals surface area contributed by atoms with Crippen LogP contribution >= 0.6 is 0 Å². The van der Waals surface area contributed by atoms with Crippen molar-refractivity contribution in [1.82, 2.24) is 0 Å². The van der Waals surface area contributed by atoms with Gasteiger partial charge in [0.2, 0.25) is 0 Å². The fourth-order valence-electron chi connectivity index (χ4n) is 7.07. The molecule has 198 valence electrons. The molecule has 38 heavy (non-hydrogen) atoms. The Labute approximate surface area is 231 Å². The Morgan fingerprint density at radius 3 is 1.58 bits per heavy atom. The summed E-state index contributed by atoms with van der Waals surface area (Å²) < 4.78 is 0. The van der Waals surface area contributed by atoms with Gasteiger partial charge in [-0.2, -0.15) is 5.26 Å². The van der Waals surface area contributed by atoms with Crippen LogP contribution in [0.2, 0.25) is 0 Å². The summed E-state index contributed by atoms with van der Waals surface area (Å²) in [5.41, 5.74) is 7.89. The molecule has 1 nitrogen and oxygen atoms in total. The molecule has 2 aliphatic carbocycles. The lowest BCUT2D eigenvalue weighted by atomic mass is 9.76. The molecule has 0 heterocycles. The molecule has 0 unspecified atom stereocenters. The molecule has 0 atom stereocenters. The third-order valence-electron chi connectivity index (χ3n) is 9.68. The summed E-state index contributed by atoms with van der Waals surface area (Å²) in [6.45, 7) is 2.31. The minimum absolute atomic E-state index is 0.672. The van der Waals surface area contributed by atoms with E-state index in [0.29, 0.717) is 5.92 Å². The SMILES string of the molecule is CCCC[C@H]1CC[C@H](c2ccc(-c3ccc(CCC4CCC(c5ccc(C#N)cc5)CC4)cc3)cc2)CC1. The number of hydrogen-bond donors (Lipinski definition) is 0. The van der Waals surface area contributed by atoms with Gasteiger partial charge in [-0.25, -0.2) is 0 Å². The van der Waals surface area contributed by atoms with Gasteiger partial charge in [0.1, 0.15) is 0 Å². The van der Waals surface area contributed by atoms with Crippen LogP contribution in [0.5, 0.6) is 0 Å². The number of unbranched alkanes of at least 4 members (excludes halogenated alkanes) is 1. The maximum absolute atomic E-state index is 9.03. The molecule has 0 aliphatic heterocycles. The van der Waals surface area contributed by atoms with E-state index in [1.54, 1.807) is 5.56 Å². The van der Waals surface area contributed by atoms with E-state index in [1.165, 1.54) is 106 Å². The Morgan fingerprint density at radius 1 is 0.605 bits per heavy atom. The number of nitriles is 1. The zero-order valence-electron chi connectivity index (χ0n) is 23.4. The smallest absolute Gasteiger partial charge is 0.0991 e. The van der Waals surface area contributed by atoms with Crippen LogP contribution in [0.25, 0.3) is 11.1 Å². The summed E-state index contributed by atoms with van der Waals surface area (Å²) in [4.78, 5) is 0. The highest BCUT2D eigenvalue weighted by Crippen LogP contribution is 2.39. The lowest BCUT2D eigenvalue weighted by Gasteiger charge is -2.29. The predicted octanol–water partition coefficient (Wildman–Crippen LogP) is 10.6. The van der Waals surface area contributed by atoms with Gasteiger partial charge in [-0.15, -0.1) is 0 Å². The molecule has 3 aromatic rings. The van der Waals surface area contributed by atoms with Crippen LogP contribution in [0.4, 0.5) is 0 Å². The van der Waals surface area contributed by atoms with E-state index in [0.717, 1.165) is 23.3 Å². The Hall–Kier alpha value is -2.85. The standard InChI is InChI=1S/C37H45N/c1-2-3-4-28-7-15-33(16-8-28)36-23-25-37(26-24-36)34-19-11-30(12-20-34)6-5-29-9-17-32(18-10-29)35-21-13-31(27-38)14-22-35/h11-14,19-26,28-29,32-33H,2-10,15-18H2,1H3/t28-,29?,32?,33-. The van der Waals surface area contributed by atoms with Crippen molar-refractivity contribution < 1.29 is 0 Å². The van der Waals surface area contributed by atoms with Crippen molar-refractivity contribution in [3.8, 4) is 17.2 Å². The van der Waals surface area contributed by atoms with E-state index in [1.807, 2.05) is 12.1 Å². The van der Waals surface area contributed by atoms with E-state index in [-0.39, 0.29) is 0 Å². The van der Waals surface area contributed by atoms with Crippen molar-refractivity contribution in [3.05, 3.63) is 95.1 Å². The summed E-state index contributed by atoms with van der Waals surface area (Å²) in [5, 5.41) is 9.03. The van der Waals surface area contributed by atoms with Gasteiger partial charge in [-0.3, -0.25) is 0 Å². The molecule has 1 heteroatoms. The van der Waals surface area contributed by atoms with Gasteiger partial charge >= 0.3 is 0 Å². The average Bonchev–Trinajstić information content (AvgIpc) is 3.00. The normalized spacial score (nSPS) is 23.6. The van der Waals surface area contributed by atoms with Crippen LogP contribution < -0.4 is 0 Å². The van der Waals surface area contributed by atoms with Crippen molar-refractivity contribution in [3.63, 3.8) is 0 Å². The largest absolute Gasteiger partial charge is 0.192 e. The van der Waals surface area contributed by atoms with Crippen molar-refractivity contribution in [2.24, 2.45) is 11.8 Å². The first kappa shape index (κ1) is 26.7. The number of rotatable bonds is 9. The molecule has 0 N–H and O–H groups in total. The first-order chi connectivity index (χ1) is 18.7. The summed E-state index contributed by atoms with van der Waals surface area (Å²) >= 11 is 0. The topological polar surface area (TPSA) is 23.8 Å². The summed E-state index contributed by atoms with van der Waals surface area (Å²) in [6.07, 6.45) is 17.5. The maximum Gasteiger partial charge on any atom is 0.0991 e. The van der Waals surface area contributed by atoms with Crippen LogP contribution in [-0.4, -0.2) is 0 Å². The van der Waals surface area contributed by atoms with E-state index < -0.39 is 0 Å². The summed E-state index contributed by atoms with van der Waals surface area (Å²) in [6, 6.07) is 29.3. The van der Waals surface area contributed by atoms with Gasteiger partial charge in [-0.1, -0.05) is 86.8 Å². The van der Waals surface area contributed by atoms with Crippen LogP contribution in [0.3, 0.4) is 0 Å². The van der Waals surface area contributed by atoms with Gasteiger partial charge in [0, 0.05) is 0 Å². The number of aryl methyl sites for hydroxylation is 1. The quantitative estimate of drug-likeness (QED) is 0.285. The van der Waals surface area contributed by atoms with Crippen LogP contribution in [0.15, 0.2) is 72.8 Å². The lowest BCUT2D eigenvalue weighted by Crippen LogP contribution is -2.14. The molecule has 5 rings (SSSR count). The van der Waals surface area contributed by atoms with Crippen molar-refractivity contribution in [1.29, 1.82) is 5.26 Å². The molecule has 0 saturated heterocycles. The maximum atomic E-state index is 9.03. The highest BCUT2D eigenvalue weighted by Gasteiger charge is 2.23. The molecule has 3 aromatic carbocycles. The molecule has 2 fully saturated rings. The van der Waals surface area contributed by atoms with Gasteiger partial charge in [0.25, 0.3) is 0 Å². The van der Waals surface area contributed by atoms with Gasteiger partial charge in [-0.05, 0) is 128 Å². The third-order valence-corrected chi connectivity index (χ3v) is 9.68. The zero-order chi connectivity index (χ0) is 26.2. The minimum Gasteiger partial charge on any atom is -0.192 e. The molecule has 0 spiro atoms. The minimum atomic E-state index is 0.672. The Kier molecular flexibility index (Phi) is 9.35. The van der Waals surface area contributed by atoms with Crippen LogP contribution in [0, 0.1) is 23.2 Å². The summed E-state index contributed by atoms with van der Waals surface area (Å²) in [7, 11) is 0. The third kappa shape index (κ3) is 6.96. The summed E-state index contributed by atoms with van der Waals surface area (Å²) in [5.74, 6) is 3.26. The van der Waals surface area contributed by atoms with Crippen LogP contribution in [0.1, 0.15) is 118 Å². The van der Waals surface area contributed by atoms with E-state index in [4.69, 9.17) is 5.26 Å². The van der Waals surface area contributed by atoms with Crippen molar-refractivity contribution in [2.45, 2.75) is 102 Å². The van der Waals surface area contributed by atoms with E-state index >= 15 is 0 Å². The molecule has 0 bridgehead atoms. The molecule has 2 aliphatic rings. The fraction of sp³-hybridized carbons (Fsp3) is 0.486. The molecular weight excluding hydrogens is 458 g/mol. The van der Waals surface area contributed by atoms with E-state index in [9.17, 15) is 0 Å². The number of benzene rings is 3. The molecule has 0 amide bonds. The highest BCUT2D eigenvalue weighted by atomic mass is 14.3. The monoisotopic (exact) mass is 503 g/mol. The molecule has 0 aromatic heterocycles. The molecular formula is C37H45N. The van der Waals surface area contributed by atoms with E-state index in [2.05, 4.69) is 73.7 Å². The van der Waals surface area contributed by atoms with Gasteiger partial charge in [0.05, 0.1) is 11.6 Å². The molecule has 0 radical (unpaired) electrons. The second kappa shape index (κ2) is 13.3. The second-order valence-corrected chi connectivity index (χ2v) is 12.2. The van der Waals surface area contributed by atoms with Gasteiger partial charge < -0.3 is 0 Å². The Morgan fingerprint density at radius 2 is 1.08 bits per heavy atom. The Bertz CT molecular complexity index is 1150.